The molecular formula is C12H17N3O. The molecular weight excluding hydrogens is 202 g/mol. The van der Waals surface area contributed by atoms with E-state index in [4.69, 9.17) is 4.74 Å². The van der Waals surface area contributed by atoms with Crippen LogP contribution in [-0.2, 0) is 4.74 Å². The van der Waals surface area contributed by atoms with Gasteiger partial charge >= 0.3 is 0 Å². The van der Waals surface area contributed by atoms with Crippen molar-refractivity contribution in [3.8, 4) is 0 Å². The molecule has 3 rings (SSSR count). The van der Waals surface area contributed by atoms with Crippen LogP contribution in [0.1, 0.15) is 18.5 Å². The third-order valence-electron chi connectivity index (χ3n) is 3.31. The van der Waals surface area contributed by atoms with Crippen LogP contribution in [0.4, 0.5) is 5.95 Å². The van der Waals surface area contributed by atoms with E-state index in [-0.39, 0.29) is 0 Å². The summed E-state index contributed by atoms with van der Waals surface area (Å²) in [5.74, 6) is 1.64. The standard InChI is InChI=1S/C12H17N3O/c1-9-4-5-13-12(14-9)15-6-7-16-11(8-15)10-2-3-10/h4-5,10-11H,2-3,6-8H2,1H3. The van der Waals surface area contributed by atoms with Gasteiger partial charge < -0.3 is 9.64 Å². The maximum atomic E-state index is 5.79. The summed E-state index contributed by atoms with van der Waals surface area (Å²) in [5, 5.41) is 0. The van der Waals surface area contributed by atoms with Crippen LogP contribution in [0, 0.1) is 12.8 Å². The van der Waals surface area contributed by atoms with Crippen LogP contribution < -0.4 is 4.90 Å². The molecule has 1 aromatic heterocycles. The van der Waals surface area contributed by atoms with Crippen molar-refractivity contribution in [3.05, 3.63) is 18.0 Å². The Balaban J connectivity index is 1.73. The number of aryl methyl sites for hydroxylation is 1. The number of aromatic nitrogens is 2. The largest absolute Gasteiger partial charge is 0.374 e. The number of morpholine rings is 1. The van der Waals surface area contributed by atoms with E-state index < -0.39 is 0 Å². The van der Waals surface area contributed by atoms with Gasteiger partial charge in [0.05, 0.1) is 12.7 Å². The molecule has 86 valence electrons. The fourth-order valence-corrected chi connectivity index (χ4v) is 2.20. The molecule has 1 saturated heterocycles. The van der Waals surface area contributed by atoms with Crippen molar-refractivity contribution in [2.24, 2.45) is 5.92 Å². The molecule has 0 aromatic carbocycles. The Morgan fingerprint density at radius 1 is 1.44 bits per heavy atom. The van der Waals surface area contributed by atoms with Gasteiger partial charge in [-0.1, -0.05) is 0 Å². The molecule has 0 radical (unpaired) electrons. The van der Waals surface area contributed by atoms with Gasteiger partial charge in [0.2, 0.25) is 5.95 Å². The quantitative estimate of drug-likeness (QED) is 0.753. The van der Waals surface area contributed by atoms with E-state index in [9.17, 15) is 0 Å². The Hall–Kier alpha value is -1.16. The molecule has 0 spiro atoms. The van der Waals surface area contributed by atoms with Crippen LogP contribution in [0.5, 0.6) is 0 Å². The minimum Gasteiger partial charge on any atom is -0.374 e. The highest BCUT2D eigenvalue weighted by molar-refractivity contribution is 5.31. The molecule has 2 fully saturated rings. The van der Waals surface area contributed by atoms with E-state index in [1.807, 2.05) is 19.2 Å². The first-order valence-corrected chi connectivity index (χ1v) is 5.99. The van der Waals surface area contributed by atoms with Gasteiger partial charge in [-0.2, -0.15) is 0 Å². The molecule has 4 nitrogen and oxygen atoms in total. The highest BCUT2D eigenvalue weighted by atomic mass is 16.5. The monoisotopic (exact) mass is 219 g/mol. The maximum absolute atomic E-state index is 5.79. The lowest BCUT2D eigenvalue weighted by molar-refractivity contribution is 0.0258. The lowest BCUT2D eigenvalue weighted by atomic mass is 10.2. The average molecular weight is 219 g/mol. The summed E-state index contributed by atoms with van der Waals surface area (Å²) in [6.07, 6.45) is 4.89. The Bertz CT molecular complexity index is 378. The van der Waals surface area contributed by atoms with Crippen molar-refractivity contribution in [2.45, 2.75) is 25.9 Å². The van der Waals surface area contributed by atoms with E-state index >= 15 is 0 Å². The Labute approximate surface area is 95.7 Å². The van der Waals surface area contributed by atoms with Crippen molar-refractivity contribution in [2.75, 3.05) is 24.6 Å². The van der Waals surface area contributed by atoms with E-state index in [1.165, 1.54) is 12.8 Å². The molecule has 2 aliphatic rings. The summed E-state index contributed by atoms with van der Waals surface area (Å²) in [7, 11) is 0. The van der Waals surface area contributed by atoms with Gasteiger partial charge in [0, 0.05) is 25.0 Å². The van der Waals surface area contributed by atoms with E-state index in [0.717, 1.165) is 37.3 Å². The van der Waals surface area contributed by atoms with Crippen LogP contribution in [-0.4, -0.2) is 35.8 Å². The Morgan fingerprint density at radius 2 is 2.31 bits per heavy atom. The minimum absolute atomic E-state index is 0.401. The van der Waals surface area contributed by atoms with E-state index in [0.29, 0.717) is 6.10 Å². The number of hydrogen-bond acceptors (Lipinski definition) is 4. The zero-order valence-corrected chi connectivity index (χ0v) is 9.59. The molecule has 16 heavy (non-hydrogen) atoms. The second-order valence-corrected chi connectivity index (χ2v) is 4.69. The number of rotatable bonds is 2. The molecule has 1 aromatic rings. The summed E-state index contributed by atoms with van der Waals surface area (Å²) in [4.78, 5) is 11.1. The molecule has 0 amide bonds. The molecule has 1 atom stereocenters. The lowest BCUT2D eigenvalue weighted by Crippen LogP contribution is -2.44. The zero-order chi connectivity index (χ0) is 11.0. The van der Waals surface area contributed by atoms with Gasteiger partial charge in [0.1, 0.15) is 0 Å². The smallest absolute Gasteiger partial charge is 0.225 e. The van der Waals surface area contributed by atoms with E-state index in [2.05, 4.69) is 14.9 Å². The van der Waals surface area contributed by atoms with Crippen LogP contribution in [0.3, 0.4) is 0 Å². The number of ether oxygens (including phenoxy) is 1. The highest BCUT2D eigenvalue weighted by Crippen LogP contribution is 2.36. The van der Waals surface area contributed by atoms with Crippen molar-refractivity contribution in [1.29, 1.82) is 0 Å². The lowest BCUT2D eigenvalue weighted by Gasteiger charge is -2.33. The van der Waals surface area contributed by atoms with E-state index in [1.54, 1.807) is 0 Å². The fourth-order valence-electron chi connectivity index (χ4n) is 2.20. The first-order chi connectivity index (χ1) is 7.83. The van der Waals surface area contributed by atoms with Crippen LogP contribution in [0.2, 0.25) is 0 Å². The molecule has 4 heteroatoms. The predicted octanol–water partition coefficient (Wildman–Crippen LogP) is 1.40. The normalized spacial score (nSPS) is 25.8. The second-order valence-electron chi connectivity index (χ2n) is 4.69. The predicted molar refractivity (Wildman–Crippen MR) is 61.4 cm³/mol. The summed E-state index contributed by atoms with van der Waals surface area (Å²) < 4.78 is 5.79. The van der Waals surface area contributed by atoms with Gasteiger partial charge in [0.15, 0.2) is 0 Å². The third-order valence-corrected chi connectivity index (χ3v) is 3.31. The molecule has 0 bridgehead atoms. The number of nitrogens with zero attached hydrogens (tertiary/aromatic N) is 3. The van der Waals surface area contributed by atoms with Gasteiger partial charge in [0.25, 0.3) is 0 Å². The average Bonchev–Trinajstić information content (AvgIpc) is 3.13. The van der Waals surface area contributed by atoms with Gasteiger partial charge in [-0.25, -0.2) is 9.97 Å². The summed E-state index contributed by atoms with van der Waals surface area (Å²) >= 11 is 0. The number of anilines is 1. The Morgan fingerprint density at radius 3 is 3.06 bits per heavy atom. The number of hydrogen-bond donors (Lipinski definition) is 0. The SMILES string of the molecule is Cc1ccnc(N2CCOC(C3CC3)C2)n1. The van der Waals surface area contributed by atoms with Gasteiger partial charge in [-0.05, 0) is 31.7 Å². The van der Waals surface area contributed by atoms with Crippen LogP contribution in [0.25, 0.3) is 0 Å². The maximum Gasteiger partial charge on any atom is 0.225 e. The third kappa shape index (κ3) is 2.02. The summed E-state index contributed by atoms with van der Waals surface area (Å²) in [6, 6.07) is 1.93. The van der Waals surface area contributed by atoms with Crippen molar-refractivity contribution < 1.29 is 4.74 Å². The zero-order valence-electron chi connectivity index (χ0n) is 9.59. The second kappa shape index (κ2) is 4.01. The van der Waals surface area contributed by atoms with Gasteiger partial charge in [-0.15, -0.1) is 0 Å². The first kappa shape index (κ1) is 10.0. The molecule has 1 unspecified atom stereocenters. The fraction of sp³-hybridized carbons (Fsp3) is 0.667. The van der Waals surface area contributed by atoms with Crippen molar-refractivity contribution >= 4 is 5.95 Å². The highest BCUT2D eigenvalue weighted by Gasteiger charge is 2.35. The van der Waals surface area contributed by atoms with Crippen molar-refractivity contribution in [1.82, 2.24) is 9.97 Å². The molecule has 0 N–H and O–H groups in total. The molecule has 1 aliphatic carbocycles. The van der Waals surface area contributed by atoms with Crippen molar-refractivity contribution in [3.63, 3.8) is 0 Å². The van der Waals surface area contributed by atoms with Crippen LogP contribution >= 0.6 is 0 Å². The molecule has 1 aliphatic heterocycles. The molecule has 2 heterocycles. The Kier molecular flexibility index (Phi) is 2.52. The van der Waals surface area contributed by atoms with Gasteiger partial charge in [-0.3, -0.25) is 0 Å². The molecule has 1 saturated carbocycles. The summed E-state index contributed by atoms with van der Waals surface area (Å²) in [6.45, 7) is 4.67. The first-order valence-electron chi connectivity index (χ1n) is 5.99. The van der Waals surface area contributed by atoms with Crippen LogP contribution in [0.15, 0.2) is 12.3 Å². The minimum atomic E-state index is 0.401. The summed E-state index contributed by atoms with van der Waals surface area (Å²) in [5.41, 5.74) is 1.03. The topological polar surface area (TPSA) is 38.2 Å².